The Morgan fingerprint density at radius 2 is 1.67 bits per heavy atom. The molecular formula is C13H14N2O3. The minimum atomic E-state index is -0.786. The standard InChI is InChI=1S/C13H14N2O3/c1-17-11-4-3-9(5-12(11)18-2)13(16)10-6-14-8-15-7-10/h3-8,13,16H,1-2H3. The van der Waals surface area contributed by atoms with Crippen molar-refractivity contribution < 1.29 is 14.6 Å². The van der Waals surface area contributed by atoms with Crippen LogP contribution in [0, 0.1) is 0 Å². The van der Waals surface area contributed by atoms with Gasteiger partial charge < -0.3 is 14.6 Å². The van der Waals surface area contributed by atoms with Gasteiger partial charge in [-0.2, -0.15) is 0 Å². The molecule has 0 bridgehead atoms. The molecule has 1 unspecified atom stereocenters. The zero-order valence-electron chi connectivity index (χ0n) is 10.2. The molecule has 1 aromatic carbocycles. The number of ether oxygens (including phenoxy) is 2. The van der Waals surface area contributed by atoms with Crippen LogP contribution in [0.15, 0.2) is 36.9 Å². The smallest absolute Gasteiger partial charge is 0.161 e. The third-order valence-corrected chi connectivity index (χ3v) is 2.62. The second kappa shape index (κ2) is 5.46. The molecule has 1 heterocycles. The van der Waals surface area contributed by atoms with Crippen LogP contribution >= 0.6 is 0 Å². The van der Waals surface area contributed by atoms with E-state index in [-0.39, 0.29) is 0 Å². The van der Waals surface area contributed by atoms with Crippen molar-refractivity contribution in [2.45, 2.75) is 6.10 Å². The van der Waals surface area contributed by atoms with Crippen LogP contribution in [-0.4, -0.2) is 29.3 Å². The summed E-state index contributed by atoms with van der Waals surface area (Å²) in [5.74, 6) is 1.20. The van der Waals surface area contributed by atoms with Crippen molar-refractivity contribution in [3.63, 3.8) is 0 Å². The van der Waals surface area contributed by atoms with E-state index in [2.05, 4.69) is 9.97 Å². The van der Waals surface area contributed by atoms with E-state index in [1.807, 2.05) is 0 Å². The molecule has 0 fully saturated rings. The maximum atomic E-state index is 10.2. The molecule has 0 amide bonds. The summed E-state index contributed by atoms with van der Waals surface area (Å²) in [5, 5.41) is 10.2. The number of aliphatic hydroxyl groups excluding tert-OH is 1. The van der Waals surface area contributed by atoms with Crippen molar-refractivity contribution >= 4 is 0 Å². The van der Waals surface area contributed by atoms with Gasteiger partial charge in [-0.3, -0.25) is 0 Å². The number of methoxy groups -OCH3 is 2. The lowest BCUT2D eigenvalue weighted by atomic mass is 10.0. The Morgan fingerprint density at radius 3 is 2.28 bits per heavy atom. The summed E-state index contributed by atoms with van der Waals surface area (Å²) in [6.45, 7) is 0. The molecule has 0 radical (unpaired) electrons. The van der Waals surface area contributed by atoms with Crippen molar-refractivity contribution in [1.29, 1.82) is 0 Å². The fraction of sp³-hybridized carbons (Fsp3) is 0.231. The lowest BCUT2D eigenvalue weighted by molar-refractivity contribution is 0.218. The average Bonchev–Trinajstić information content (AvgIpc) is 2.46. The van der Waals surface area contributed by atoms with Gasteiger partial charge in [-0.05, 0) is 17.7 Å². The van der Waals surface area contributed by atoms with Crippen LogP contribution in [0.3, 0.4) is 0 Å². The Kier molecular flexibility index (Phi) is 3.74. The van der Waals surface area contributed by atoms with Crippen LogP contribution in [0.1, 0.15) is 17.2 Å². The molecule has 2 aromatic rings. The highest BCUT2D eigenvalue weighted by molar-refractivity contribution is 5.44. The molecule has 0 aliphatic heterocycles. The van der Waals surface area contributed by atoms with Crippen LogP contribution in [0.5, 0.6) is 11.5 Å². The van der Waals surface area contributed by atoms with Crippen LogP contribution in [0.2, 0.25) is 0 Å². The topological polar surface area (TPSA) is 64.5 Å². The van der Waals surface area contributed by atoms with E-state index in [0.717, 1.165) is 0 Å². The third-order valence-electron chi connectivity index (χ3n) is 2.62. The van der Waals surface area contributed by atoms with Crippen molar-refractivity contribution in [3.05, 3.63) is 48.0 Å². The number of rotatable bonds is 4. The van der Waals surface area contributed by atoms with Crippen LogP contribution < -0.4 is 9.47 Å². The van der Waals surface area contributed by atoms with Gasteiger partial charge >= 0.3 is 0 Å². The normalized spacial score (nSPS) is 11.9. The number of aliphatic hydroxyl groups is 1. The number of nitrogens with zero attached hydrogens (tertiary/aromatic N) is 2. The number of benzene rings is 1. The summed E-state index contributed by atoms with van der Waals surface area (Å²) in [6, 6.07) is 5.26. The van der Waals surface area contributed by atoms with Crippen molar-refractivity contribution in [2.75, 3.05) is 14.2 Å². The second-order valence-corrected chi connectivity index (χ2v) is 3.69. The third kappa shape index (κ3) is 2.41. The first-order chi connectivity index (χ1) is 8.76. The SMILES string of the molecule is COc1ccc(C(O)c2cncnc2)cc1OC. The van der Waals surface area contributed by atoms with E-state index in [0.29, 0.717) is 22.6 Å². The molecule has 0 aliphatic carbocycles. The monoisotopic (exact) mass is 246 g/mol. The lowest BCUT2D eigenvalue weighted by Crippen LogP contribution is -2.02. The largest absolute Gasteiger partial charge is 0.493 e. The summed E-state index contributed by atoms with van der Waals surface area (Å²) in [6.07, 6.45) is 3.79. The minimum Gasteiger partial charge on any atom is -0.493 e. The summed E-state index contributed by atoms with van der Waals surface area (Å²) in [7, 11) is 3.12. The van der Waals surface area contributed by atoms with Gasteiger partial charge in [0.25, 0.3) is 0 Å². The molecule has 1 aromatic heterocycles. The Bertz CT molecular complexity index is 517. The number of hydrogen-bond acceptors (Lipinski definition) is 5. The summed E-state index contributed by atoms with van der Waals surface area (Å²) in [4.78, 5) is 7.76. The minimum absolute atomic E-state index is 0.575. The lowest BCUT2D eigenvalue weighted by Gasteiger charge is -2.13. The first-order valence-electron chi connectivity index (χ1n) is 5.41. The molecule has 94 valence electrons. The molecule has 0 saturated carbocycles. The predicted octanol–water partition coefficient (Wildman–Crippen LogP) is 1.58. The Morgan fingerprint density at radius 1 is 1.00 bits per heavy atom. The zero-order valence-corrected chi connectivity index (χ0v) is 10.2. The highest BCUT2D eigenvalue weighted by atomic mass is 16.5. The molecule has 0 saturated heterocycles. The maximum absolute atomic E-state index is 10.2. The van der Waals surface area contributed by atoms with Gasteiger partial charge in [0, 0.05) is 18.0 Å². The first-order valence-corrected chi connectivity index (χ1v) is 5.41. The molecule has 18 heavy (non-hydrogen) atoms. The van der Waals surface area contributed by atoms with Gasteiger partial charge in [-0.25, -0.2) is 9.97 Å². The Balaban J connectivity index is 2.34. The summed E-state index contributed by atoms with van der Waals surface area (Å²) >= 11 is 0. The van der Waals surface area contributed by atoms with E-state index in [9.17, 15) is 5.11 Å². The molecule has 0 aliphatic rings. The van der Waals surface area contributed by atoms with E-state index in [1.54, 1.807) is 44.8 Å². The Labute approximate surface area is 105 Å². The highest BCUT2D eigenvalue weighted by Crippen LogP contribution is 2.31. The zero-order chi connectivity index (χ0) is 13.0. The molecule has 5 heteroatoms. The number of hydrogen-bond donors (Lipinski definition) is 1. The van der Waals surface area contributed by atoms with E-state index >= 15 is 0 Å². The van der Waals surface area contributed by atoms with Crippen molar-refractivity contribution in [3.8, 4) is 11.5 Å². The van der Waals surface area contributed by atoms with Crippen LogP contribution in [0.4, 0.5) is 0 Å². The second-order valence-electron chi connectivity index (χ2n) is 3.69. The molecule has 5 nitrogen and oxygen atoms in total. The van der Waals surface area contributed by atoms with Crippen molar-refractivity contribution in [2.24, 2.45) is 0 Å². The number of aromatic nitrogens is 2. The van der Waals surface area contributed by atoms with Crippen LogP contribution in [0.25, 0.3) is 0 Å². The predicted molar refractivity (Wildman–Crippen MR) is 65.6 cm³/mol. The quantitative estimate of drug-likeness (QED) is 0.887. The fourth-order valence-corrected chi connectivity index (χ4v) is 1.67. The molecule has 1 atom stereocenters. The van der Waals surface area contributed by atoms with E-state index in [1.165, 1.54) is 6.33 Å². The summed E-state index contributed by atoms with van der Waals surface area (Å²) in [5.41, 5.74) is 1.33. The molecule has 1 N–H and O–H groups in total. The first kappa shape index (κ1) is 12.3. The Hall–Kier alpha value is -2.14. The van der Waals surface area contributed by atoms with Crippen molar-refractivity contribution in [1.82, 2.24) is 9.97 Å². The average molecular weight is 246 g/mol. The molecular weight excluding hydrogens is 232 g/mol. The van der Waals surface area contributed by atoms with Gasteiger partial charge in [0.15, 0.2) is 11.5 Å². The van der Waals surface area contributed by atoms with Gasteiger partial charge in [-0.15, -0.1) is 0 Å². The van der Waals surface area contributed by atoms with Gasteiger partial charge in [-0.1, -0.05) is 6.07 Å². The van der Waals surface area contributed by atoms with Gasteiger partial charge in [0.05, 0.1) is 14.2 Å². The molecule has 0 spiro atoms. The van der Waals surface area contributed by atoms with Crippen LogP contribution in [-0.2, 0) is 0 Å². The van der Waals surface area contributed by atoms with E-state index in [4.69, 9.17) is 9.47 Å². The van der Waals surface area contributed by atoms with E-state index < -0.39 is 6.10 Å². The van der Waals surface area contributed by atoms with Gasteiger partial charge in [0.2, 0.25) is 0 Å². The van der Waals surface area contributed by atoms with Gasteiger partial charge in [0.1, 0.15) is 12.4 Å². The molecule has 2 rings (SSSR count). The highest BCUT2D eigenvalue weighted by Gasteiger charge is 2.13. The fourth-order valence-electron chi connectivity index (χ4n) is 1.67. The summed E-state index contributed by atoms with van der Waals surface area (Å²) < 4.78 is 10.3. The maximum Gasteiger partial charge on any atom is 0.161 e.